The Bertz CT molecular complexity index is 1250. The van der Waals surface area contributed by atoms with Gasteiger partial charge in [0.05, 0.1) is 17.3 Å². The summed E-state index contributed by atoms with van der Waals surface area (Å²) in [5.41, 5.74) is 6.12. The second kappa shape index (κ2) is 10.7. The number of carbonyl (C=O) groups is 1. The Morgan fingerprint density at radius 3 is 2.34 bits per heavy atom. The van der Waals surface area contributed by atoms with Crippen LogP contribution in [0.1, 0.15) is 57.4 Å². The van der Waals surface area contributed by atoms with E-state index in [1.165, 1.54) is 35.3 Å². The summed E-state index contributed by atoms with van der Waals surface area (Å²) in [5, 5.41) is 14.4. The highest BCUT2D eigenvalue weighted by Crippen LogP contribution is 2.33. The predicted molar refractivity (Wildman–Crippen MR) is 151 cm³/mol. The van der Waals surface area contributed by atoms with Crippen molar-refractivity contribution in [1.29, 1.82) is 0 Å². The van der Waals surface area contributed by atoms with Gasteiger partial charge in [0.25, 0.3) is 0 Å². The van der Waals surface area contributed by atoms with Crippen molar-refractivity contribution < 1.29 is 9.90 Å². The first kappa shape index (κ1) is 25.4. The lowest BCUT2D eigenvalue weighted by Gasteiger charge is -2.38. The van der Waals surface area contributed by atoms with Crippen LogP contribution < -0.4 is 4.90 Å². The van der Waals surface area contributed by atoms with Gasteiger partial charge in [-0.15, -0.1) is 0 Å². The summed E-state index contributed by atoms with van der Waals surface area (Å²) in [4.78, 5) is 20.0. The molecule has 0 spiro atoms. The summed E-state index contributed by atoms with van der Waals surface area (Å²) in [6.45, 7) is 10.1. The zero-order chi connectivity index (χ0) is 26.2. The smallest absolute Gasteiger partial charge is 0.225 e. The maximum absolute atomic E-state index is 13.0. The first-order valence-electron chi connectivity index (χ1n) is 14.5. The second-order valence-electron chi connectivity index (χ2n) is 11.8. The number of fused-ring (bicyclic) bond motifs is 1. The van der Waals surface area contributed by atoms with Crippen molar-refractivity contribution in [1.82, 2.24) is 19.4 Å². The molecular weight excluding hydrogens is 474 g/mol. The number of amides is 1. The van der Waals surface area contributed by atoms with Gasteiger partial charge in [-0.25, -0.2) is 4.52 Å². The minimum absolute atomic E-state index is 0.0833. The fourth-order valence-electron chi connectivity index (χ4n) is 6.65. The standard InChI is InChI=1S/C31H41N5O2/c1-22(2)35-14-12-26(20-35)23-3-5-24(6-4-23)27-19-30-29(11-13-32-36(30)21-27)33-15-17-34(18-16-33)31(38)25-7-9-28(37)10-8-25/h3-6,11,13,19,21-22,25-26,28,37H,7-10,12,14-18,20H2,1-2H3/t25-,26-,28-/m1/s1. The monoisotopic (exact) mass is 515 g/mol. The Balaban J connectivity index is 1.13. The lowest BCUT2D eigenvalue weighted by Crippen LogP contribution is -2.51. The predicted octanol–water partition coefficient (Wildman–Crippen LogP) is 4.40. The number of hydrogen-bond acceptors (Lipinski definition) is 5. The summed E-state index contributed by atoms with van der Waals surface area (Å²) in [5.74, 6) is 0.988. The van der Waals surface area contributed by atoms with Crippen molar-refractivity contribution in [2.45, 2.75) is 64.0 Å². The van der Waals surface area contributed by atoms with Gasteiger partial charge in [-0.1, -0.05) is 24.3 Å². The zero-order valence-electron chi connectivity index (χ0n) is 22.8. The van der Waals surface area contributed by atoms with E-state index in [1.54, 1.807) is 0 Å². The third kappa shape index (κ3) is 5.06. The molecule has 3 aromatic rings. The van der Waals surface area contributed by atoms with Gasteiger partial charge < -0.3 is 19.8 Å². The van der Waals surface area contributed by atoms with Crippen molar-refractivity contribution in [2.24, 2.45) is 5.92 Å². The fraction of sp³-hybridized carbons (Fsp3) is 0.548. The quantitative estimate of drug-likeness (QED) is 0.546. The molecule has 1 amide bonds. The molecule has 0 unspecified atom stereocenters. The average Bonchev–Trinajstić information content (AvgIpc) is 3.61. The van der Waals surface area contributed by atoms with E-state index < -0.39 is 0 Å². The first-order valence-corrected chi connectivity index (χ1v) is 14.5. The van der Waals surface area contributed by atoms with Crippen LogP contribution in [0.25, 0.3) is 16.6 Å². The van der Waals surface area contributed by atoms with E-state index in [1.807, 2.05) is 15.6 Å². The van der Waals surface area contributed by atoms with Crippen LogP contribution in [0, 0.1) is 5.92 Å². The van der Waals surface area contributed by atoms with E-state index >= 15 is 0 Å². The van der Waals surface area contributed by atoms with Gasteiger partial charge in [0.15, 0.2) is 0 Å². The van der Waals surface area contributed by atoms with Crippen molar-refractivity contribution >= 4 is 17.1 Å². The molecule has 1 N–H and O–H groups in total. The lowest BCUT2D eigenvalue weighted by molar-refractivity contribution is -0.137. The SMILES string of the molecule is CC(C)N1CC[C@@H](c2ccc(-c3cc4c(N5CCN(C(=O)[C@H]6CC[C@H](O)CC6)CC5)ccnn4c3)cc2)C1. The number of carbonyl (C=O) groups excluding carboxylic acids is 1. The number of likely N-dealkylation sites (tertiary alicyclic amines) is 1. The number of benzene rings is 1. The molecule has 38 heavy (non-hydrogen) atoms. The largest absolute Gasteiger partial charge is 0.393 e. The third-order valence-corrected chi connectivity index (χ3v) is 9.13. The molecule has 0 bridgehead atoms. The molecule has 1 aromatic carbocycles. The number of nitrogens with zero attached hydrogens (tertiary/aromatic N) is 5. The van der Waals surface area contributed by atoms with E-state index in [4.69, 9.17) is 0 Å². The molecule has 7 heteroatoms. The van der Waals surface area contributed by atoms with Crippen LogP contribution in [0.3, 0.4) is 0 Å². The summed E-state index contributed by atoms with van der Waals surface area (Å²) in [6, 6.07) is 14.1. The van der Waals surface area contributed by atoms with E-state index in [0.29, 0.717) is 12.0 Å². The van der Waals surface area contributed by atoms with Gasteiger partial charge in [-0.2, -0.15) is 5.10 Å². The highest BCUT2D eigenvalue weighted by atomic mass is 16.3. The van der Waals surface area contributed by atoms with Gasteiger partial charge in [-0.3, -0.25) is 4.79 Å². The van der Waals surface area contributed by atoms with Crippen LogP contribution in [0.4, 0.5) is 5.69 Å². The Hall–Kier alpha value is -2.90. The summed E-state index contributed by atoms with van der Waals surface area (Å²) in [7, 11) is 0. The molecule has 4 heterocycles. The number of rotatable bonds is 5. The minimum Gasteiger partial charge on any atom is -0.393 e. The zero-order valence-corrected chi connectivity index (χ0v) is 22.8. The highest BCUT2D eigenvalue weighted by molar-refractivity contribution is 5.81. The molecule has 6 rings (SSSR count). The summed E-state index contributed by atoms with van der Waals surface area (Å²) >= 11 is 0. The summed E-state index contributed by atoms with van der Waals surface area (Å²) in [6.07, 6.45) is 8.15. The van der Waals surface area contributed by atoms with Crippen molar-refractivity contribution in [2.75, 3.05) is 44.2 Å². The van der Waals surface area contributed by atoms with Crippen molar-refractivity contribution in [3.8, 4) is 11.1 Å². The Morgan fingerprint density at radius 2 is 1.66 bits per heavy atom. The van der Waals surface area contributed by atoms with Crippen LogP contribution >= 0.6 is 0 Å². The van der Waals surface area contributed by atoms with Gasteiger partial charge >= 0.3 is 0 Å². The number of aliphatic hydroxyl groups excluding tert-OH is 1. The van der Waals surface area contributed by atoms with E-state index in [0.717, 1.165) is 63.9 Å². The molecule has 2 saturated heterocycles. The molecule has 2 aromatic heterocycles. The molecule has 1 atom stereocenters. The number of anilines is 1. The van der Waals surface area contributed by atoms with Gasteiger partial charge in [-0.05, 0) is 81.7 Å². The fourth-order valence-corrected chi connectivity index (χ4v) is 6.65. The number of hydrogen-bond donors (Lipinski definition) is 1. The van der Waals surface area contributed by atoms with Gasteiger partial charge in [0, 0.05) is 62.6 Å². The molecule has 202 valence electrons. The first-order chi connectivity index (χ1) is 18.5. The molecule has 1 saturated carbocycles. The second-order valence-corrected chi connectivity index (χ2v) is 11.8. The van der Waals surface area contributed by atoms with Gasteiger partial charge in [0.2, 0.25) is 5.91 Å². The van der Waals surface area contributed by atoms with Crippen LogP contribution in [0.5, 0.6) is 0 Å². The molecular formula is C31H41N5O2. The number of aliphatic hydroxyl groups is 1. The Kier molecular flexibility index (Phi) is 7.14. The van der Waals surface area contributed by atoms with Crippen LogP contribution in [0.15, 0.2) is 48.8 Å². The molecule has 2 aliphatic heterocycles. The maximum Gasteiger partial charge on any atom is 0.225 e. The minimum atomic E-state index is -0.224. The molecule has 1 aliphatic carbocycles. The maximum atomic E-state index is 13.0. The molecule has 3 fully saturated rings. The average molecular weight is 516 g/mol. The van der Waals surface area contributed by atoms with Crippen LogP contribution in [-0.2, 0) is 4.79 Å². The number of aromatic nitrogens is 2. The topological polar surface area (TPSA) is 64.3 Å². The molecule has 3 aliphatic rings. The Labute approximate surface area is 226 Å². The van der Waals surface area contributed by atoms with E-state index in [-0.39, 0.29) is 17.9 Å². The van der Waals surface area contributed by atoms with Crippen LogP contribution in [-0.4, -0.2) is 81.8 Å². The molecule has 0 radical (unpaired) electrons. The van der Waals surface area contributed by atoms with Crippen LogP contribution in [0.2, 0.25) is 0 Å². The molecule has 7 nitrogen and oxygen atoms in total. The number of piperazine rings is 1. The van der Waals surface area contributed by atoms with E-state index in [2.05, 4.69) is 71.3 Å². The van der Waals surface area contributed by atoms with E-state index in [9.17, 15) is 9.90 Å². The lowest BCUT2D eigenvalue weighted by atomic mass is 9.86. The van der Waals surface area contributed by atoms with Crippen molar-refractivity contribution in [3.05, 3.63) is 54.4 Å². The van der Waals surface area contributed by atoms with Crippen molar-refractivity contribution in [3.63, 3.8) is 0 Å². The Morgan fingerprint density at radius 1 is 0.921 bits per heavy atom. The normalized spacial score (nSPS) is 25.0. The highest BCUT2D eigenvalue weighted by Gasteiger charge is 2.31. The summed E-state index contributed by atoms with van der Waals surface area (Å²) < 4.78 is 1.99. The van der Waals surface area contributed by atoms with Gasteiger partial charge in [0.1, 0.15) is 0 Å². The third-order valence-electron chi connectivity index (χ3n) is 9.13.